The van der Waals surface area contributed by atoms with Crippen LogP contribution in [-0.4, -0.2) is 5.75 Å². The maximum atomic E-state index is 5.77. The average Bonchev–Trinajstić information content (AvgIpc) is 2.09. The van der Waals surface area contributed by atoms with Crippen LogP contribution in [0.15, 0.2) is 24.3 Å². The molecule has 66 valence electrons. The average molecular weight is 201 g/mol. The van der Waals surface area contributed by atoms with Crippen molar-refractivity contribution in [2.24, 2.45) is 5.92 Å². The van der Waals surface area contributed by atoms with Crippen molar-refractivity contribution in [1.82, 2.24) is 0 Å². The third-order valence-electron chi connectivity index (χ3n) is 1.81. The summed E-state index contributed by atoms with van der Waals surface area (Å²) < 4.78 is 0. The van der Waals surface area contributed by atoms with Gasteiger partial charge in [0.2, 0.25) is 0 Å². The van der Waals surface area contributed by atoms with Crippen LogP contribution in [0.1, 0.15) is 12.5 Å². The molecule has 1 unspecified atom stereocenters. The Hall–Kier alpha value is -0.140. The molecule has 0 aliphatic rings. The van der Waals surface area contributed by atoms with Gasteiger partial charge < -0.3 is 0 Å². The van der Waals surface area contributed by atoms with E-state index < -0.39 is 0 Å². The van der Waals surface area contributed by atoms with Gasteiger partial charge in [0.05, 0.1) is 0 Å². The van der Waals surface area contributed by atoms with Crippen LogP contribution in [-0.2, 0) is 6.42 Å². The quantitative estimate of drug-likeness (QED) is 0.710. The minimum atomic E-state index is 0.634. The molecule has 0 bridgehead atoms. The summed E-state index contributed by atoms with van der Waals surface area (Å²) >= 11 is 10.0. The summed E-state index contributed by atoms with van der Waals surface area (Å²) in [6.07, 6.45) is 1.08. The van der Waals surface area contributed by atoms with Gasteiger partial charge in [-0.3, -0.25) is 0 Å². The fourth-order valence-corrected chi connectivity index (χ4v) is 1.34. The zero-order valence-corrected chi connectivity index (χ0v) is 8.78. The monoisotopic (exact) mass is 200 g/mol. The molecule has 2 heteroatoms. The molecule has 0 aromatic heterocycles. The molecule has 0 nitrogen and oxygen atoms in total. The molecule has 0 saturated carbocycles. The van der Waals surface area contributed by atoms with Gasteiger partial charge in [-0.15, -0.1) is 0 Å². The molecule has 0 aliphatic heterocycles. The third kappa shape index (κ3) is 3.08. The summed E-state index contributed by atoms with van der Waals surface area (Å²) in [7, 11) is 0. The predicted molar refractivity (Wildman–Crippen MR) is 58.2 cm³/mol. The maximum absolute atomic E-state index is 5.77. The van der Waals surface area contributed by atoms with Crippen molar-refractivity contribution in [2.75, 3.05) is 5.75 Å². The lowest BCUT2D eigenvalue weighted by atomic mass is 10.0. The van der Waals surface area contributed by atoms with Crippen LogP contribution in [0.25, 0.3) is 0 Å². The van der Waals surface area contributed by atoms with Crippen molar-refractivity contribution in [3.8, 4) is 0 Å². The Morgan fingerprint density at radius 3 is 2.42 bits per heavy atom. The Labute approximate surface area is 84.3 Å². The molecule has 0 saturated heterocycles. The molecule has 0 N–H and O–H groups in total. The minimum Gasteiger partial charge on any atom is -0.179 e. The van der Waals surface area contributed by atoms with Crippen molar-refractivity contribution in [3.63, 3.8) is 0 Å². The lowest BCUT2D eigenvalue weighted by molar-refractivity contribution is 0.660. The van der Waals surface area contributed by atoms with E-state index in [1.165, 1.54) is 5.56 Å². The Balaban J connectivity index is 2.58. The highest BCUT2D eigenvalue weighted by Crippen LogP contribution is 2.13. The van der Waals surface area contributed by atoms with E-state index in [1.807, 2.05) is 12.1 Å². The second-order valence-electron chi connectivity index (χ2n) is 3.12. The smallest absolute Gasteiger partial charge is 0.0406 e. The second-order valence-corrected chi connectivity index (χ2v) is 3.92. The van der Waals surface area contributed by atoms with Gasteiger partial charge in [-0.05, 0) is 35.8 Å². The molecule has 1 atom stereocenters. The summed E-state index contributed by atoms with van der Waals surface area (Å²) in [5.41, 5.74) is 1.33. The highest BCUT2D eigenvalue weighted by atomic mass is 35.5. The van der Waals surface area contributed by atoms with E-state index in [2.05, 4.69) is 31.7 Å². The summed E-state index contributed by atoms with van der Waals surface area (Å²) in [6.45, 7) is 2.20. The molecule has 0 aliphatic carbocycles. The largest absolute Gasteiger partial charge is 0.179 e. The standard InChI is InChI=1S/C10H13ClS/c1-8(7-12)6-9-2-4-10(11)5-3-9/h2-5,8,12H,6-7H2,1H3. The lowest BCUT2D eigenvalue weighted by Gasteiger charge is -2.07. The van der Waals surface area contributed by atoms with Crippen molar-refractivity contribution in [3.05, 3.63) is 34.9 Å². The normalized spacial score (nSPS) is 12.9. The van der Waals surface area contributed by atoms with Gasteiger partial charge in [-0.2, -0.15) is 12.6 Å². The first-order chi connectivity index (χ1) is 5.72. The Bertz CT molecular complexity index is 230. The molecule has 0 radical (unpaired) electrons. The van der Waals surface area contributed by atoms with Gasteiger partial charge in [0.15, 0.2) is 0 Å². The van der Waals surface area contributed by atoms with Crippen molar-refractivity contribution >= 4 is 24.2 Å². The predicted octanol–water partition coefficient (Wildman–Crippen LogP) is 3.45. The van der Waals surface area contributed by atoms with Crippen molar-refractivity contribution < 1.29 is 0 Å². The van der Waals surface area contributed by atoms with Gasteiger partial charge in [-0.25, -0.2) is 0 Å². The molecule has 12 heavy (non-hydrogen) atoms. The number of hydrogen-bond acceptors (Lipinski definition) is 1. The Morgan fingerprint density at radius 1 is 1.33 bits per heavy atom. The molecule has 1 rings (SSSR count). The van der Waals surface area contributed by atoms with Crippen LogP contribution < -0.4 is 0 Å². The first-order valence-electron chi connectivity index (χ1n) is 4.07. The van der Waals surface area contributed by atoms with Gasteiger partial charge >= 0.3 is 0 Å². The van der Waals surface area contributed by atoms with Gasteiger partial charge in [0.1, 0.15) is 0 Å². The van der Waals surface area contributed by atoms with Crippen molar-refractivity contribution in [1.29, 1.82) is 0 Å². The number of thiol groups is 1. The Kier molecular flexibility index (Phi) is 3.96. The molecule has 0 fully saturated rings. The highest BCUT2D eigenvalue weighted by Gasteiger charge is 2.00. The highest BCUT2D eigenvalue weighted by molar-refractivity contribution is 7.80. The fourth-order valence-electron chi connectivity index (χ4n) is 1.09. The van der Waals surface area contributed by atoms with E-state index in [9.17, 15) is 0 Å². The lowest BCUT2D eigenvalue weighted by Crippen LogP contribution is -2.00. The summed E-state index contributed by atoms with van der Waals surface area (Å²) in [5.74, 6) is 1.57. The molecule has 1 aromatic carbocycles. The SMILES string of the molecule is CC(CS)Cc1ccc(Cl)cc1. The number of rotatable bonds is 3. The fraction of sp³-hybridized carbons (Fsp3) is 0.400. The maximum Gasteiger partial charge on any atom is 0.0406 e. The summed E-state index contributed by atoms with van der Waals surface area (Å²) in [6, 6.07) is 8.01. The van der Waals surface area contributed by atoms with Crippen LogP contribution in [0.3, 0.4) is 0 Å². The molecular weight excluding hydrogens is 188 g/mol. The van der Waals surface area contributed by atoms with Gasteiger partial charge in [-0.1, -0.05) is 30.7 Å². The first kappa shape index (κ1) is 9.94. The number of hydrogen-bond donors (Lipinski definition) is 1. The Morgan fingerprint density at radius 2 is 1.92 bits per heavy atom. The topological polar surface area (TPSA) is 0 Å². The number of halogens is 1. The summed E-state index contributed by atoms with van der Waals surface area (Å²) in [5, 5.41) is 0.803. The van der Waals surface area contributed by atoms with Crippen LogP contribution in [0.5, 0.6) is 0 Å². The first-order valence-corrected chi connectivity index (χ1v) is 5.08. The molecular formula is C10H13ClS. The molecule has 0 amide bonds. The molecule has 1 aromatic rings. The van der Waals surface area contributed by atoms with E-state index in [-0.39, 0.29) is 0 Å². The van der Waals surface area contributed by atoms with Crippen LogP contribution in [0.2, 0.25) is 5.02 Å². The third-order valence-corrected chi connectivity index (χ3v) is 2.68. The van der Waals surface area contributed by atoms with Crippen LogP contribution >= 0.6 is 24.2 Å². The van der Waals surface area contributed by atoms with Crippen LogP contribution in [0, 0.1) is 5.92 Å². The van der Waals surface area contributed by atoms with Crippen molar-refractivity contribution in [2.45, 2.75) is 13.3 Å². The van der Waals surface area contributed by atoms with Crippen LogP contribution in [0.4, 0.5) is 0 Å². The number of benzene rings is 1. The summed E-state index contributed by atoms with van der Waals surface area (Å²) in [4.78, 5) is 0. The van der Waals surface area contributed by atoms with E-state index in [0.717, 1.165) is 17.2 Å². The minimum absolute atomic E-state index is 0.634. The zero-order valence-electron chi connectivity index (χ0n) is 7.13. The molecule has 0 spiro atoms. The van der Waals surface area contributed by atoms with Gasteiger partial charge in [0.25, 0.3) is 0 Å². The second kappa shape index (κ2) is 4.78. The van der Waals surface area contributed by atoms with E-state index >= 15 is 0 Å². The van der Waals surface area contributed by atoms with E-state index in [1.54, 1.807) is 0 Å². The van der Waals surface area contributed by atoms with Gasteiger partial charge in [0, 0.05) is 5.02 Å². The molecule has 0 heterocycles. The zero-order chi connectivity index (χ0) is 8.97. The van der Waals surface area contributed by atoms with E-state index in [4.69, 9.17) is 11.6 Å². The van der Waals surface area contributed by atoms with E-state index in [0.29, 0.717) is 5.92 Å².